The zero-order valence-corrected chi connectivity index (χ0v) is 13.3. The zero-order chi connectivity index (χ0) is 15.8. The molecule has 0 bridgehead atoms. The van der Waals surface area contributed by atoms with Crippen molar-refractivity contribution in [2.24, 2.45) is 5.92 Å². The highest BCUT2D eigenvalue weighted by Gasteiger charge is 2.34. The summed E-state index contributed by atoms with van der Waals surface area (Å²) in [7, 11) is 0. The summed E-state index contributed by atoms with van der Waals surface area (Å²) in [6, 6.07) is 0.0771. The van der Waals surface area contributed by atoms with Gasteiger partial charge in [-0.25, -0.2) is 14.7 Å². The van der Waals surface area contributed by atoms with Gasteiger partial charge in [-0.15, -0.1) is 0 Å². The van der Waals surface area contributed by atoms with Crippen molar-refractivity contribution >= 4 is 6.09 Å². The van der Waals surface area contributed by atoms with E-state index in [1.54, 1.807) is 9.47 Å². The van der Waals surface area contributed by atoms with E-state index in [4.69, 9.17) is 4.74 Å². The van der Waals surface area contributed by atoms with Crippen LogP contribution in [-0.2, 0) is 11.2 Å². The quantitative estimate of drug-likeness (QED) is 0.918. The Morgan fingerprint density at radius 1 is 1.43 bits per heavy atom. The number of likely N-dealkylation sites (tertiary alicyclic amines) is 1. The topological polar surface area (TPSA) is 80.2 Å². The van der Waals surface area contributed by atoms with Gasteiger partial charge < -0.3 is 9.64 Å². The van der Waals surface area contributed by atoms with Gasteiger partial charge in [-0.05, 0) is 34.6 Å². The van der Waals surface area contributed by atoms with Gasteiger partial charge in [0.1, 0.15) is 11.4 Å². The lowest BCUT2D eigenvalue weighted by Gasteiger charge is -2.39. The van der Waals surface area contributed by atoms with Crippen LogP contribution in [0.2, 0.25) is 0 Å². The minimum Gasteiger partial charge on any atom is -0.444 e. The number of carbonyl (C=O) groups excluding carboxylic acids is 1. The number of aromatic nitrogens is 3. The fourth-order valence-corrected chi connectivity index (χ4v) is 2.45. The summed E-state index contributed by atoms with van der Waals surface area (Å²) in [6.45, 7) is 10.8. The molecule has 7 nitrogen and oxygen atoms in total. The van der Waals surface area contributed by atoms with Crippen molar-refractivity contribution in [3.05, 3.63) is 16.3 Å². The molecule has 1 aromatic rings. The standard InChI is InChI=1S/C14H24N4O3/c1-9(2)18-11(15-16-12(18)19)6-10-7-17(8-10)13(20)21-14(3,4)5/h9-10H,6-8H2,1-5H3,(H,16,19). The van der Waals surface area contributed by atoms with Crippen molar-refractivity contribution < 1.29 is 9.53 Å². The lowest BCUT2D eigenvalue weighted by atomic mass is 9.96. The number of amides is 1. The number of hydrogen-bond acceptors (Lipinski definition) is 4. The molecule has 21 heavy (non-hydrogen) atoms. The lowest BCUT2D eigenvalue weighted by molar-refractivity contribution is -0.00128. The van der Waals surface area contributed by atoms with Gasteiger partial charge in [0.15, 0.2) is 0 Å². The van der Waals surface area contributed by atoms with Crippen molar-refractivity contribution in [2.45, 2.75) is 52.7 Å². The first-order valence-corrected chi connectivity index (χ1v) is 7.31. The summed E-state index contributed by atoms with van der Waals surface area (Å²) in [5.74, 6) is 1.08. The highest BCUT2D eigenvalue weighted by molar-refractivity contribution is 5.69. The highest BCUT2D eigenvalue weighted by atomic mass is 16.6. The number of aromatic amines is 1. The van der Waals surface area contributed by atoms with Crippen molar-refractivity contribution in [3.63, 3.8) is 0 Å². The van der Waals surface area contributed by atoms with Crippen LogP contribution >= 0.6 is 0 Å². The van der Waals surface area contributed by atoms with Crippen LogP contribution in [0.5, 0.6) is 0 Å². The molecule has 0 aliphatic carbocycles. The van der Waals surface area contributed by atoms with Crippen LogP contribution in [0.15, 0.2) is 4.79 Å². The Morgan fingerprint density at radius 2 is 2.05 bits per heavy atom. The zero-order valence-electron chi connectivity index (χ0n) is 13.3. The Balaban J connectivity index is 1.89. The number of carbonyl (C=O) groups is 1. The normalized spacial score (nSPS) is 16.2. The minimum atomic E-state index is -0.470. The number of H-pyrrole nitrogens is 1. The van der Waals surface area contributed by atoms with Gasteiger partial charge >= 0.3 is 11.8 Å². The lowest BCUT2D eigenvalue weighted by Crippen LogP contribution is -2.52. The first-order valence-electron chi connectivity index (χ1n) is 7.31. The summed E-state index contributed by atoms with van der Waals surface area (Å²) in [6.07, 6.45) is 0.415. The minimum absolute atomic E-state index is 0.0771. The number of hydrogen-bond donors (Lipinski definition) is 1. The van der Waals surface area contributed by atoms with Gasteiger partial charge in [0.2, 0.25) is 0 Å². The van der Waals surface area contributed by atoms with Crippen LogP contribution in [0, 0.1) is 5.92 Å². The molecule has 0 saturated carbocycles. The molecule has 1 fully saturated rings. The van der Waals surface area contributed by atoms with E-state index in [1.165, 1.54) is 0 Å². The number of ether oxygens (including phenoxy) is 1. The van der Waals surface area contributed by atoms with Crippen LogP contribution < -0.4 is 5.69 Å². The fourth-order valence-electron chi connectivity index (χ4n) is 2.45. The highest BCUT2D eigenvalue weighted by Crippen LogP contribution is 2.22. The molecular formula is C14H24N4O3. The summed E-state index contributed by atoms with van der Waals surface area (Å²) in [5, 5.41) is 6.57. The molecule has 0 spiro atoms. The summed E-state index contributed by atoms with van der Waals surface area (Å²) < 4.78 is 6.98. The summed E-state index contributed by atoms with van der Waals surface area (Å²) >= 11 is 0. The maximum atomic E-state index is 11.8. The maximum Gasteiger partial charge on any atom is 0.410 e. The third-order valence-corrected chi connectivity index (χ3v) is 3.37. The Kier molecular flexibility index (Phi) is 4.11. The smallest absolute Gasteiger partial charge is 0.410 e. The Labute approximate surface area is 124 Å². The molecule has 1 aliphatic rings. The SMILES string of the molecule is CC(C)n1c(CC2CN(C(=O)OC(C)(C)C)C2)n[nH]c1=O. The number of nitrogens with zero attached hydrogens (tertiary/aromatic N) is 3. The van der Waals surface area contributed by atoms with E-state index < -0.39 is 5.60 Å². The van der Waals surface area contributed by atoms with Crippen LogP contribution in [0.25, 0.3) is 0 Å². The number of rotatable bonds is 3. The molecule has 7 heteroatoms. The molecule has 118 valence electrons. The second-order valence-corrected chi connectivity index (χ2v) is 6.86. The third kappa shape index (κ3) is 3.65. The van der Waals surface area contributed by atoms with E-state index in [0.29, 0.717) is 25.4 Å². The third-order valence-electron chi connectivity index (χ3n) is 3.37. The van der Waals surface area contributed by atoms with E-state index >= 15 is 0 Å². The maximum absolute atomic E-state index is 11.8. The molecule has 1 N–H and O–H groups in total. The molecule has 1 amide bonds. The second kappa shape index (κ2) is 5.54. The van der Waals surface area contributed by atoms with Crippen molar-refractivity contribution in [2.75, 3.05) is 13.1 Å². The first-order chi connectivity index (χ1) is 9.67. The molecule has 1 aliphatic heterocycles. The van der Waals surface area contributed by atoms with Crippen LogP contribution in [0.3, 0.4) is 0 Å². The van der Waals surface area contributed by atoms with Gasteiger partial charge in [0.05, 0.1) is 0 Å². The summed E-state index contributed by atoms with van der Waals surface area (Å²) in [5.41, 5.74) is -0.647. The van der Waals surface area contributed by atoms with Crippen molar-refractivity contribution in [3.8, 4) is 0 Å². The Morgan fingerprint density at radius 3 is 2.57 bits per heavy atom. The van der Waals surface area contributed by atoms with Gasteiger partial charge in [-0.1, -0.05) is 0 Å². The molecule has 1 aromatic heterocycles. The molecule has 0 radical (unpaired) electrons. The van der Waals surface area contributed by atoms with E-state index in [9.17, 15) is 9.59 Å². The second-order valence-electron chi connectivity index (χ2n) is 6.86. The van der Waals surface area contributed by atoms with Gasteiger partial charge in [0.25, 0.3) is 0 Å². The van der Waals surface area contributed by atoms with Crippen LogP contribution in [0.1, 0.15) is 46.5 Å². The predicted molar refractivity (Wildman–Crippen MR) is 78.2 cm³/mol. The Hall–Kier alpha value is -1.79. The fraction of sp³-hybridized carbons (Fsp3) is 0.786. The average molecular weight is 296 g/mol. The molecular weight excluding hydrogens is 272 g/mol. The van der Waals surface area contributed by atoms with Crippen LogP contribution in [-0.4, -0.2) is 44.4 Å². The molecule has 2 rings (SSSR count). The van der Waals surface area contributed by atoms with E-state index in [-0.39, 0.29) is 17.8 Å². The van der Waals surface area contributed by atoms with E-state index in [2.05, 4.69) is 10.2 Å². The van der Waals surface area contributed by atoms with E-state index in [1.807, 2.05) is 34.6 Å². The van der Waals surface area contributed by atoms with Crippen LogP contribution in [0.4, 0.5) is 4.79 Å². The Bertz CT molecular complexity index is 562. The number of nitrogens with one attached hydrogen (secondary N) is 1. The molecule has 0 atom stereocenters. The molecule has 0 unspecified atom stereocenters. The van der Waals surface area contributed by atoms with Crippen molar-refractivity contribution in [1.82, 2.24) is 19.7 Å². The van der Waals surface area contributed by atoms with Gasteiger partial charge in [-0.3, -0.25) is 4.57 Å². The predicted octanol–water partition coefficient (Wildman–Crippen LogP) is 1.56. The van der Waals surface area contributed by atoms with Gasteiger partial charge in [-0.2, -0.15) is 5.10 Å². The van der Waals surface area contributed by atoms with E-state index in [0.717, 1.165) is 5.82 Å². The largest absolute Gasteiger partial charge is 0.444 e. The monoisotopic (exact) mass is 296 g/mol. The molecule has 2 heterocycles. The molecule has 0 aromatic carbocycles. The summed E-state index contributed by atoms with van der Waals surface area (Å²) in [4.78, 5) is 25.2. The first kappa shape index (κ1) is 15.6. The van der Waals surface area contributed by atoms with Crippen molar-refractivity contribution in [1.29, 1.82) is 0 Å². The molecule has 1 saturated heterocycles. The van der Waals surface area contributed by atoms with Gasteiger partial charge in [0, 0.05) is 31.5 Å². The average Bonchev–Trinajstić information content (AvgIpc) is 2.61.